The quantitative estimate of drug-likeness (QED) is 0.554. The smallest absolute Gasteiger partial charge is 0.248 e. The number of hydrogen-bond donors (Lipinski definition) is 4. The lowest BCUT2D eigenvalue weighted by atomic mass is 10.1. The van der Waals surface area contributed by atoms with Crippen molar-refractivity contribution in [1.29, 1.82) is 0 Å². The van der Waals surface area contributed by atoms with Gasteiger partial charge in [0.1, 0.15) is 0 Å². The molecular formula is C12H20N4O3S. The first kappa shape index (κ1) is 16.3. The normalized spacial score (nSPS) is 12.2. The number of nitrogens with two attached hydrogens (primary N) is 2. The molecule has 0 aliphatic carbocycles. The maximum Gasteiger partial charge on any atom is 0.248 e. The monoisotopic (exact) mass is 300 g/mol. The summed E-state index contributed by atoms with van der Waals surface area (Å²) in [6.45, 7) is 3.82. The molecule has 0 atom stereocenters. The molecule has 0 heterocycles. The van der Waals surface area contributed by atoms with Crippen LogP contribution in [0.1, 0.15) is 24.2 Å². The van der Waals surface area contributed by atoms with Crippen LogP contribution in [0.2, 0.25) is 0 Å². The van der Waals surface area contributed by atoms with Crippen molar-refractivity contribution < 1.29 is 13.2 Å². The van der Waals surface area contributed by atoms with Crippen molar-refractivity contribution in [2.75, 3.05) is 23.9 Å². The molecule has 1 aromatic carbocycles. The van der Waals surface area contributed by atoms with E-state index in [1.807, 2.05) is 0 Å². The Labute approximate surface area is 118 Å². The molecule has 0 radical (unpaired) electrons. The lowest BCUT2D eigenvalue weighted by Crippen LogP contribution is -2.47. The largest absolute Gasteiger partial charge is 0.397 e. The molecule has 0 bridgehead atoms. The Morgan fingerprint density at radius 1 is 1.35 bits per heavy atom. The molecule has 6 N–H and O–H groups in total. The van der Waals surface area contributed by atoms with E-state index in [4.69, 9.17) is 11.5 Å². The number of primary amides is 1. The number of nitrogens with one attached hydrogen (secondary N) is 2. The zero-order valence-corrected chi connectivity index (χ0v) is 12.5. The average molecular weight is 300 g/mol. The second-order valence-corrected chi connectivity index (χ2v) is 7.03. The second-order valence-electron chi connectivity index (χ2n) is 5.28. The fraction of sp³-hybridized carbons (Fsp3) is 0.417. The van der Waals surface area contributed by atoms with E-state index in [2.05, 4.69) is 10.0 Å². The molecular weight excluding hydrogens is 280 g/mol. The maximum absolute atomic E-state index is 11.2. The van der Waals surface area contributed by atoms with Crippen LogP contribution < -0.4 is 21.5 Å². The second kappa shape index (κ2) is 5.68. The van der Waals surface area contributed by atoms with Gasteiger partial charge < -0.3 is 16.8 Å². The Morgan fingerprint density at radius 3 is 2.40 bits per heavy atom. The summed E-state index contributed by atoms with van der Waals surface area (Å²) in [6.07, 6.45) is 1.10. The third-order valence-electron chi connectivity index (χ3n) is 2.52. The van der Waals surface area contributed by atoms with Crippen LogP contribution in [-0.2, 0) is 10.0 Å². The van der Waals surface area contributed by atoms with Crippen molar-refractivity contribution in [3.63, 3.8) is 0 Å². The van der Waals surface area contributed by atoms with Crippen molar-refractivity contribution in [2.24, 2.45) is 5.73 Å². The molecule has 0 unspecified atom stereocenters. The van der Waals surface area contributed by atoms with E-state index in [9.17, 15) is 13.2 Å². The molecule has 1 amide bonds. The molecule has 112 valence electrons. The molecule has 1 rings (SSSR count). The highest BCUT2D eigenvalue weighted by atomic mass is 32.2. The number of benzene rings is 1. The number of amides is 1. The minimum atomic E-state index is -3.30. The highest BCUT2D eigenvalue weighted by molar-refractivity contribution is 7.88. The minimum absolute atomic E-state index is 0.321. The van der Waals surface area contributed by atoms with Crippen molar-refractivity contribution in [1.82, 2.24) is 4.72 Å². The number of carbonyl (C=O) groups is 1. The van der Waals surface area contributed by atoms with Crippen molar-refractivity contribution >= 4 is 27.3 Å². The summed E-state index contributed by atoms with van der Waals surface area (Å²) >= 11 is 0. The highest BCUT2D eigenvalue weighted by Gasteiger charge is 2.22. The van der Waals surface area contributed by atoms with Crippen molar-refractivity contribution in [2.45, 2.75) is 19.4 Å². The van der Waals surface area contributed by atoms with Gasteiger partial charge in [-0.25, -0.2) is 13.1 Å². The standard InChI is InChI=1S/C12H20N4O3S/c1-12(2,16-20(3,18)19)7-15-10-5-4-8(11(14)17)6-9(10)13/h4-6,15-16H,7,13H2,1-3H3,(H2,14,17). The summed E-state index contributed by atoms with van der Waals surface area (Å²) in [4.78, 5) is 11.0. The molecule has 8 heteroatoms. The van der Waals surface area contributed by atoms with Crippen molar-refractivity contribution in [3.8, 4) is 0 Å². The van der Waals surface area contributed by atoms with Gasteiger partial charge in [-0.2, -0.15) is 0 Å². The first-order valence-electron chi connectivity index (χ1n) is 5.92. The zero-order chi connectivity index (χ0) is 15.6. The third kappa shape index (κ3) is 5.06. The number of anilines is 2. The van der Waals surface area contributed by atoms with E-state index in [1.165, 1.54) is 6.07 Å². The van der Waals surface area contributed by atoms with Crippen LogP contribution in [0.15, 0.2) is 18.2 Å². The Bertz CT molecular complexity index is 611. The number of carbonyl (C=O) groups excluding carboxylic acids is 1. The van der Waals surface area contributed by atoms with Gasteiger partial charge >= 0.3 is 0 Å². The predicted octanol–water partition coefficient (Wildman–Crippen LogP) is 0.107. The summed E-state index contributed by atoms with van der Waals surface area (Å²) < 4.78 is 25.0. The maximum atomic E-state index is 11.2. The lowest BCUT2D eigenvalue weighted by Gasteiger charge is -2.26. The van der Waals surface area contributed by atoms with E-state index < -0.39 is 21.5 Å². The average Bonchev–Trinajstić information content (AvgIpc) is 2.23. The van der Waals surface area contributed by atoms with E-state index in [0.29, 0.717) is 23.5 Å². The van der Waals surface area contributed by atoms with Crippen LogP contribution in [0.25, 0.3) is 0 Å². The van der Waals surface area contributed by atoms with Gasteiger partial charge in [-0.05, 0) is 32.0 Å². The zero-order valence-electron chi connectivity index (χ0n) is 11.7. The van der Waals surface area contributed by atoms with Gasteiger partial charge in [-0.3, -0.25) is 4.79 Å². The molecule has 0 aliphatic rings. The van der Waals surface area contributed by atoms with Crippen LogP contribution in [0.4, 0.5) is 11.4 Å². The number of hydrogen-bond acceptors (Lipinski definition) is 5. The summed E-state index contributed by atoms with van der Waals surface area (Å²) in [5, 5.41) is 3.04. The number of nitrogen functional groups attached to an aromatic ring is 1. The Hall–Kier alpha value is -1.80. The van der Waals surface area contributed by atoms with Gasteiger partial charge in [0.15, 0.2) is 0 Å². The number of rotatable bonds is 6. The van der Waals surface area contributed by atoms with Gasteiger partial charge in [-0.1, -0.05) is 0 Å². The molecule has 0 aliphatic heterocycles. The van der Waals surface area contributed by atoms with Crippen molar-refractivity contribution in [3.05, 3.63) is 23.8 Å². The van der Waals surface area contributed by atoms with Crippen LogP contribution in [0.5, 0.6) is 0 Å². The van der Waals surface area contributed by atoms with E-state index in [-0.39, 0.29) is 0 Å². The van der Waals surface area contributed by atoms with Crippen LogP contribution in [0.3, 0.4) is 0 Å². The van der Waals surface area contributed by atoms with E-state index in [1.54, 1.807) is 26.0 Å². The first-order valence-corrected chi connectivity index (χ1v) is 7.81. The van der Waals surface area contributed by atoms with Gasteiger partial charge in [0.25, 0.3) is 0 Å². The van der Waals surface area contributed by atoms with E-state index >= 15 is 0 Å². The molecule has 0 spiro atoms. The fourth-order valence-electron chi connectivity index (χ4n) is 1.73. The summed E-state index contributed by atoms with van der Waals surface area (Å²) in [7, 11) is -3.30. The molecule has 0 aromatic heterocycles. The molecule has 7 nitrogen and oxygen atoms in total. The first-order chi connectivity index (χ1) is 9.00. The molecule has 20 heavy (non-hydrogen) atoms. The summed E-state index contributed by atoms with van der Waals surface area (Å²) in [6, 6.07) is 4.66. The Balaban J connectivity index is 2.78. The summed E-state index contributed by atoms with van der Waals surface area (Å²) in [5.41, 5.74) is 11.6. The van der Waals surface area contributed by atoms with Crippen LogP contribution in [0, 0.1) is 0 Å². The molecule has 1 aromatic rings. The van der Waals surface area contributed by atoms with Gasteiger partial charge in [0, 0.05) is 17.6 Å². The number of sulfonamides is 1. The molecule has 0 fully saturated rings. The van der Waals surface area contributed by atoms with Gasteiger partial charge in [-0.15, -0.1) is 0 Å². The van der Waals surface area contributed by atoms with E-state index in [0.717, 1.165) is 6.26 Å². The van der Waals surface area contributed by atoms with Gasteiger partial charge in [0.2, 0.25) is 15.9 Å². The SMILES string of the molecule is CC(C)(CNc1ccc(C(N)=O)cc1N)NS(C)(=O)=O. The fourth-order valence-corrected chi connectivity index (χ4v) is 2.81. The summed E-state index contributed by atoms with van der Waals surface area (Å²) in [5.74, 6) is -0.553. The van der Waals surface area contributed by atoms with Crippen LogP contribution >= 0.6 is 0 Å². The third-order valence-corrected chi connectivity index (χ3v) is 3.44. The van der Waals surface area contributed by atoms with Crippen LogP contribution in [-0.4, -0.2) is 32.7 Å². The highest BCUT2D eigenvalue weighted by Crippen LogP contribution is 2.20. The predicted molar refractivity (Wildman–Crippen MR) is 79.9 cm³/mol. The molecule has 0 saturated carbocycles. The Morgan fingerprint density at radius 2 is 1.95 bits per heavy atom. The minimum Gasteiger partial charge on any atom is -0.397 e. The van der Waals surface area contributed by atoms with Gasteiger partial charge in [0.05, 0.1) is 17.6 Å². The molecule has 0 saturated heterocycles. The lowest BCUT2D eigenvalue weighted by molar-refractivity contribution is 0.100. The topological polar surface area (TPSA) is 127 Å². The Kier molecular flexibility index (Phi) is 4.61.